The van der Waals surface area contributed by atoms with Gasteiger partial charge in [0, 0.05) is 11.1 Å². The van der Waals surface area contributed by atoms with E-state index in [1.807, 2.05) is 26.8 Å². The van der Waals surface area contributed by atoms with Crippen LogP contribution in [-0.2, 0) is 5.41 Å². The van der Waals surface area contributed by atoms with E-state index < -0.39 is 0 Å². The number of hydrogen-bond donors (Lipinski definition) is 2. The number of nitrogens with zero attached hydrogens (tertiary/aromatic N) is 1. The molecule has 1 heterocycles. The van der Waals surface area contributed by atoms with E-state index in [4.69, 9.17) is 5.84 Å². The summed E-state index contributed by atoms with van der Waals surface area (Å²) in [4.78, 5) is 15.4. The minimum atomic E-state index is -0.365. The van der Waals surface area contributed by atoms with Gasteiger partial charge in [0.25, 0.3) is 5.91 Å². The number of hydrazine groups is 1. The van der Waals surface area contributed by atoms with Gasteiger partial charge >= 0.3 is 0 Å². The van der Waals surface area contributed by atoms with Crippen LogP contribution in [0.25, 0.3) is 0 Å². The maximum atomic E-state index is 11.2. The van der Waals surface area contributed by atoms with Gasteiger partial charge in [-0.05, 0) is 12.1 Å². The van der Waals surface area contributed by atoms with E-state index in [1.54, 1.807) is 12.1 Å². The lowest BCUT2D eigenvalue weighted by Gasteiger charge is -2.17. The number of nitrogens with one attached hydrogen (secondary N) is 1. The van der Waals surface area contributed by atoms with Crippen molar-refractivity contribution in [3.05, 3.63) is 29.6 Å². The molecule has 1 amide bonds. The zero-order valence-electron chi connectivity index (χ0n) is 8.66. The lowest BCUT2D eigenvalue weighted by Crippen LogP contribution is -2.31. The Balaban J connectivity index is 3.08. The third kappa shape index (κ3) is 2.29. The van der Waals surface area contributed by atoms with Crippen molar-refractivity contribution < 1.29 is 4.79 Å². The highest BCUT2D eigenvalue weighted by atomic mass is 16.2. The van der Waals surface area contributed by atoms with E-state index in [2.05, 4.69) is 10.4 Å². The van der Waals surface area contributed by atoms with Gasteiger partial charge in [0.05, 0.1) is 0 Å². The van der Waals surface area contributed by atoms with Crippen molar-refractivity contribution in [1.82, 2.24) is 10.4 Å². The minimum absolute atomic E-state index is 0.0646. The first kappa shape index (κ1) is 10.7. The monoisotopic (exact) mass is 193 g/mol. The van der Waals surface area contributed by atoms with Gasteiger partial charge < -0.3 is 0 Å². The second kappa shape index (κ2) is 3.75. The first-order valence-electron chi connectivity index (χ1n) is 4.43. The quantitative estimate of drug-likeness (QED) is 0.397. The fraction of sp³-hybridized carbons (Fsp3) is 0.400. The Morgan fingerprint density at radius 3 is 2.57 bits per heavy atom. The van der Waals surface area contributed by atoms with Gasteiger partial charge in [-0.3, -0.25) is 10.2 Å². The molecule has 0 aliphatic carbocycles. The molecular formula is C10H15N3O. The average molecular weight is 193 g/mol. The van der Waals surface area contributed by atoms with E-state index in [-0.39, 0.29) is 11.3 Å². The lowest BCUT2D eigenvalue weighted by molar-refractivity contribution is 0.0948. The Morgan fingerprint density at radius 2 is 2.07 bits per heavy atom. The van der Waals surface area contributed by atoms with Gasteiger partial charge in [0.15, 0.2) is 0 Å². The maximum absolute atomic E-state index is 11.2. The second-order valence-corrected chi connectivity index (χ2v) is 4.13. The molecule has 0 fully saturated rings. The molecule has 4 nitrogen and oxygen atoms in total. The number of nitrogen functional groups attached to an aromatic ring is 1. The van der Waals surface area contributed by atoms with Crippen molar-refractivity contribution in [3.8, 4) is 0 Å². The van der Waals surface area contributed by atoms with E-state index in [9.17, 15) is 4.79 Å². The van der Waals surface area contributed by atoms with Crippen LogP contribution in [0.5, 0.6) is 0 Å². The highest BCUT2D eigenvalue weighted by Gasteiger charge is 2.16. The van der Waals surface area contributed by atoms with Crippen molar-refractivity contribution >= 4 is 5.91 Å². The summed E-state index contributed by atoms with van der Waals surface area (Å²) in [7, 11) is 0. The second-order valence-electron chi connectivity index (χ2n) is 4.13. The molecule has 76 valence electrons. The standard InChI is InChI=1S/C10H15N3O/c1-10(2,3)8-6-4-5-7(12-8)9(14)13-11/h4-6H,11H2,1-3H3,(H,13,14). The molecule has 3 N–H and O–H groups in total. The molecule has 1 rings (SSSR count). The Kier molecular flexibility index (Phi) is 2.86. The molecule has 0 saturated heterocycles. The van der Waals surface area contributed by atoms with Crippen molar-refractivity contribution in [3.63, 3.8) is 0 Å². The SMILES string of the molecule is CC(C)(C)c1cccc(C(=O)NN)n1. The van der Waals surface area contributed by atoms with Gasteiger partial charge in [-0.2, -0.15) is 0 Å². The first-order chi connectivity index (χ1) is 6.45. The van der Waals surface area contributed by atoms with Crippen LogP contribution in [0.15, 0.2) is 18.2 Å². The molecule has 0 aliphatic rings. The third-order valence-corrected chi connectivity index (χ3v) is 1.88. The smallest absolute Gasteiger partial charge is 0.283 e. The van der Waals surface area contributed by atoms with Crippen molar-refractivity contribution in [1.29, 1.82) is 0 Å². The molecule has 0 aromatic carbocycles. The van der Waals surface area contributed by atoms with E-state index in [0.29, 0.717) is 5.69 Å². The number of amides is 1. The molecule has 0 aliphatic heterocycles. The van der Waals surface area contributed by atoms with Crippen LogP contribution < -0.4 is 11.3 Å². The van der Waals surface area contributed by atoms with Crippen LogP contribution in [0.3, 0.4) is 0 Å². The maximum Gasteiger partial charge on any atom is 0.283 e. The molecule has 0 radical (unpaired) electrons. The Morgan fingerprint density at radius 1 is 1.43 bits per heavy atom. The van der Waals surface area contributed by atoms with Gasteiger partial charge in [-0.15, -0.1) is 0 Å². The van der Waals surface area contributed by atoms with Crippen LogP contribution in [0, 0.1) is 0 Å². The zero-order valence-corrected chi connectivity index (χ0v) is 8.66. The van der Waals surface area contributed by atoms with Crippen LogP contribution in [0.4, 0.5) is 0 Å². The molecular weight excluding hydrogens is 178 g/mol. The number of carbonyl (C=O) groups excluding carboxylic acids is 1. The number of pyridine rings is 1. The molecule has 0 spiro atoms. The highest BCUT2D eigenvalue weighted by molar-refractivity contribution is 5.91. The summed E-state index contributed by atoms with van der Waals surface area (Å²) in [5.74, 6) is 4.66. The number of aromatic nitrogens is 1. The number of carbonyl (C=O) groups is 1. The van der Waals surface area contributed by atoms with E-state index >= 15 is 0 Å². The van der Waals surface area contributed by atoms with Gasteiger partial charge in [0.2, 0.25) is 0 Å². The molecule has 4 heteroatoms. The molecule has 0 bridgehead atoms. The molecule has 1 aromatic heterocycles. The Bertz CT molecular complexity index is 341. The summed E-state index contributed by atoms with van der Waals surface area (Å²) < 4.78 is 0. The van der Waals surface area contributed by atoms with Crippen molar-refractivity contribution in [2.45, 2.75) is 26.2 Å². The van der Waals surface area contributed by atoms with Crippen LogP contribution in [0.2, 0.25) is 0 Å². The number of rotatable bonds is 1. The Labute approximate surface area is 83.5 Å². The van der Waals surface area contributed by atoms with Crippen LogP contribution in [0.1, 0.15) is 37.0 Å². The van der Waals surface area contributed by atoms with E-state index in [0.717, 1.165) is 5.69 Å². The first-order valence-corrected chi connectivity index (χ1v) is 4.43. The topological polar surface area (TPSA) is 68.0 Å². The number of hydrogen-bond acceptors (Lipinski definition) is 3. The fourth-order valence-corrected chi connectivity index (χ4v) is 1.05. The summed E-state index contributed by atoms with van der Waals surface area (Å²) in [6, 6.07) is 5.34. The van der Waals surface area contributed by atoms with Crippen molar-refractivity contribution in [2.24, 2.45) is 5.84 Å². The minimum Gasteiger partial charge on any atom is -0.289 e. The summed E-state index contributed by atoms with van der Waals surface area (Å²) in [5, 5.41) is 0. The van der Waals surface area contributed by atoms with E-state index in [1.165, 1.54) is 0 Å². The van der Waals surface area contributed by atoms with Gasteiger partial charge in [-0.25, -0.2) is 10.8 Å². The molecule has 0 atom stereocenters. The lowest BCUT2D eigenvalue weighted by atomic mass is 9.91. The van der Waals surface area contributed by atoms with Gasteiger partial charge in [0.1, 0.15) is 5.69 Å². The van der Waals surface area contributed by atoms with Gasteiger partial charge in [-0.1, -0.05) is 26.8 Å². The fourth-order valence-electron chi connectivity index (χ4n) is 1.05. The summed E-state index contributed by atoms with van der Waals surface area (Å²) in [5.41, 5.74) is 3.21. The molecule has 0 unspecified atom stereocenters. The largest absolute Gasteiger partial charge is 0.289 e. The van der Waals surface area contributed by atoms with Crippen LogP contribution >= 0.6 is 0 Å². The highest BCUT2D eigenvalue weighted by Crippen LogP contribution is 2.19. The van der Waals surface area contributed by atoms with Crippen molar-refractivity contribution in [2.75, 3.05) is 0 Å². The summed E-state index contributed by atoms with van der Waals surface area (Å²) in [6.45, 7) is 6.12. The predicted octanol–water partition coefficient (Wildman–Crippen LogP) is 0.983. The third-order valence-electron chi connectivity index (χ3n) is 1.88. The predicted molar refractivity (Wildman–Crippen MR) is 54.6 cm³/mol. The molecule has 1 aromatic rings. The zero-order chi connectivity index (χ0) is 10.8. The van der Waals surface area contributed by atoms with Crippen LogP contribution in [-0.4, -0.2) is 10.9 Å². The Hall–Kier alpha value is -1.42. The summed E-state index contributed by atoms with van der Waals surface area (Å²) >= 11 is 0. The average Bonchev–Trinajstić information content (AvgIpc) is 2.15. The normalized spacial score (nSPS) is 11.1. The summed E-state index contributed by atoms with van der Waals surface area (Å²) in [6.07, 6.45) is 0. The molecule has 0 saturated carbocycles. The number of nitrogens with two attached hydrogens (primary N) is 1. The molecule has 14 heavy (non-hydrogen) atoms.